The van der Waals surface area contributed by atoms with E-state index >= 15 is 0 Å². The van der Waals surface area contributed by atoms with E-state index in [0.29, 0.717) is 28.1 Å². The summed E-state index contributed by atoms with van der Waals surface area (Å²) in [5.41, 5.74) is 0.128. The Bertz CT molecular complexity index is 787. The summed E-state index contributed by atoms with van der Waals surface area (Å²) in [5, 5.41) is 3.81. The van der Waals surface area contributed by atoms with Crippen LogP contribution in [0.4, 0.5) is 13.2 Å². The SMILES string of the molecule is O=C(COc1cccc(C(F)(F)F)c1)NCCSCc1ccc(Cl)cc1Cl. The monoisotopic (exact) mass is 437 g/mol. The highest BCUT2D eigenvalue weighted by Crippen LogP contribution is 2.31. The van der Waals surface area contributed by atoms with Gasteiger partial charge in [-0.15, -0.1) is 0 Å². The van der Waals surface area contributed by atoms with Gasteiger partial charge in [-0.25, -0.2) is 0 Å². The summed E-state index contributed by atoms with van der Waals surface area (Å²) >= 11 is 13.5. The second kappa shape index (κ2) is 10.1. The number of alkyl halides is 3. The minimum absolute atomic E-state index is 0.00766. The molecule has 2 rings (SSSR count). The van der Waals surface area contributed by atoms with Crippen molar-refractivity contribution in [1.29, 1.82) is 0 Å². The lowest BCUT2D eigenvalue weighted by molar-refractivity contribution is -0.137. The minimum Gasteiger partial charge on any atom is -0.484 e. The first-order valence-electron chi connectivity index (χ1n) is 7.84. The van der Waals surface area contributed by atoms with E-state index in [1.54, 1.807) is 23.9 Å². The topological polar surface area (TPSA) is 38.3 Å². The van der Waals surface area contributed by atoms with E-state index < -0.39 is 17.6 Å². The van der Waals surface area contributed by atoms with Crippen LogP contribution in [0.5, 0.6) is 5.75 Å². The van der Waals surface area contributed by atoms with Gasteiger partial charge in [0.15, 0.2) is 6.61 Å². The number of hydrogen-bond donors (Lipinski definition) is 1. The molecular weight excluding hydrogens is 422 g/mol. The molecule has 0 unspecified atom stereocenters. The van der Waals surface area contributed by atoms with E-state index in [1.165, 1.54) is 12.1 Å². The minimum atomic E-state index is -4.45. The average molecular weight is 438 g/mol. The van der Waals surface area contributed by atoms with E-state index in [-0.39, 0.29) is 12.4 Å². The van der Waals surface area contributed by atoms with E-state index in [9.17, 15) is 18.0 Å². The van der Waals surface area contributed by atoms with Crippen LogP contribution in [0.1, 0.15) is 11.1 Å². The highest BCUT2D eigenvalue weighted by molar-refractivity contribution is 7.98. The van der Waals surface area contributed by atoms with Crippen LogP contribution in [0.3, 0.4) is 0 Å². The second-order valence-corrected chi connectivity index (χ2v) is 7.40. The van der Waals surface area contributed by atoms with Crippen LogP contribution in [-0.4, -0.2) is 24.8 Å². The molecule has 146 valence electrons. The molecule has 0 heterocycles. The third-order valence-corrected chi connectivity index (χ3v) is 4.97. The van der Waals surface area contributed by atoms with Gasteiger partial charge in [0.2, 0.25) is 0 Å². The van der Waals surface area contributed by atoms with Crippen molar-refractivity contribution in [3.63, 3.8) is 0 Å². The highest BCUT2D eigenvalue weighted by Gasteiger charge is 2.30. The Hall–Kier alpha value is -1.57. The quantitative estimate of drug-likeness (QED) is 0.558. The molecule has 0 radical (unpaired) electrons. The molecule has 3 nitrogen and oxygen atoms in total. The first-order chi connectivity index (χ1) is 12.8. The van der Waals surface area contributed by atoms with Gasteiger partial charge < -0.3 is 10.1 Å². The van der Waals surface area contributed by atoms with Gasteiger partial charge in [0.1, 0.15) is 5.75 Å². The Labute approximate surface area is 169 Å². The van der Waals surface area contributed by atoms with E-state index in [0.717, 1.165) is 17.7 Å². The van der Waals surface area contributed by atoms with Crippen molar-refractivity contribution >= 4 is 40.9 Å². The predicted molar refractivity (Wildman–Crippen MR) is 103 cm³/mol. The maximum Gasteiger partial charge on any atom is 0.416 e. The molecule has 9 heteroatoms. The molecule has 0 saturated heterocycles. The third-order valence-electron chi connectivity index (χ3n) is 3.37. The first-order valence-corrected chi connectivity index (χ1v) is 9.75. The van der Waals surface area contributed by atoms with Gasteiger partial charge >= 0.3 is 6.18 Å². The van der Waals surface area contributed by atoms with Crippen molar-refractivity contribution in [3.05, 3.63) is 63.6 Å². The fourth-order valence-electron chi connectivity index (χ4n) is 2.05. The molecule has 0 atom stereocenters. The van der Waals surface area contributed by atoms with Crippen LogP contribution < -0.4 is 10.1 Å². The zero-order valence-corrected chi connectivity index (χ0v) is 16.3. The molecule has 0 saturated carbocycles. The van der Waals surface area contributed by atoms with Gasteiger partial charge in [0.05, 0.1) is 5.56 Å². The van der Waals surface area contributed by atoms with Crippen molar-refractivity contribution in [2.75, 3.05) is 18.9 Å². The average Bonchev–Trinajstić information content (AvgIpc) is 2.61. The highest BCUT2D eigenvalue weighted by atomic mass is 35.5. The van der Waals surface area contributed by atoms with Gasteiger partial charge in [-0.05, 0) is 35.9 Å². The third kappa shape index (κ3) is 7.52. The molecule has 2 aromatic carbocycles. The predicted octanol–water partition coefficient (Wildman–Crippen LogP) is 5.44. The van der Waals surface area contributed by atoms with Gasteiger partial charge in [-0.1, -0.05) is 35.3 Å². The molecule has 1 amide bonds. The zero-order valence-electron chi connectivity index (χ0n) is 14.0. The number of ether oxygens (including phenoxy) is 1. The molecule has 0 aliphatic heterocycles. The molecule has 0 aliphatic carbocycles. The molecule has 0 spiro atoms. The fourth-order valence-corrected chi connectivity index (χ4v) is 3.46. The van der Waals surface area contributed by atoms with Crippen LogP contribution in [0.25, 0.3) is 0 Å². The lowest BCUT2D eigenvalue weighted by Gasteiger charge is -2.10. The van der Waals surface area contributed by atoms with Gasteiger partial charge in [-0.2, -0.15) is 24.9 Å². The smallest absolute Gasteiger partial charge is 0.416 e. The number of rotatable bonds is 8. The standard InChI is InChI=1S/C18H16Cl2F3NO2S/c19-14-5-4-12(16(20)9-14)11-27-7-6-24-17(25)10-26-15-3-1-2-13(8-15)18(21,22)23/h1-5,8-9H,6-7,10-11H2,(H,24,25). The number of benzene rings is 2. The number of amides is 1. The maximum atomic E-state index is 12.6. The largest absolute Gasteiger partial charge is 0.484 e. The Kier molecular flexibility index (Phi) is 8.13. The summed E-state index contributed by atoms with van der Waals surface area (Å²) < 4.78 is 43.0. The Morgan fingerprint density at radius 2 is 1.93 bits per heavy atom. The molecule has 0 fully saturated rings. The van der Waals surface area contributed by atoms with Gasteiger partial charge in [0, 0.05) is 28.1 Å². The van der Waals surface area contributed by atoms with Crippen molar-refractivity contribution in [3.8, 4) is 5.75 Å². The Morgan fingerprint density at radius 3 is 2.63 bits per heavy atom. The van der Waals surface area contributed by atoms with E-state index in [1.807, 2.05) is 6.07 Å². The van der Waals surface area contributed by atoms with Gasteiger partial charge in [-0.3, -0.25) is 4.79 Å². The van der Waals surface area contributed by atoms with Crippen molar-refractivity contribution < 1.29 is 22.7 Å². The van der Waals surface area contributed by atoms with Crippen LogP contribution >= 0.6 is 35.0 Å². The number of hydrogen-bond acceptors (Lipinski definition) is 3. The lowest BCUT2D eigenvalue weighted by Crippen LogP contribution is -2.30. The molecular formula is C18H16Cl2F3NO2S. The van der Waals surface area contributed by atoms with E-state index in [2.05, 4.69) is 5.32 Å². The number of carbonyl (C=O) groups is 1. The number of thioether (sulfide) groups is 1. The summed E-state index contributed by atoms with van der Waals surface area (Å²) in [6, 6.07) is 9.68. The van der Waals surface area contributed by atoms with Crippen molar-refractivity contribution in [1.82, 2.24) is 5.32 Å². The Morgan fingerprint density at radius 1 is 1.15 bits per heavy atom. The molecule has 0 bridgehead atoms. The summed E-state index contributed by atoms with van der Waals surface area (Å²) in [5.74, 6) is 0.908. The number of carbonyl (C=O) groups excluding carboxylic acids is 1. The molecule has 0 aromatic heterocycles. The normalized spacial score (nSPS) is 11.3. The van der Waals surface area contributed by atoms with Crippen LogP contribution in [0.2, 0.25) is 10.0 Å². The molecule has 1 N–H and O–H groups in total. The van der Waals surface area contributed by atoms with Crippen LogP contribution in [0, 0.1) is 0 Å². The summed E-state index contributed by atoms with van der Waals surface area (Å²) in [6.07, 6.45) is -4.45. The van der Waals surface area contributed by atoms with Crippen molar-refractivity contribution in [2.24, 2.45) is 0 Å². The van der Waals surface area contributed by atoms with E-state index in [4.69, 9.17) is 27.9 Å². The summed E-state index contributed by atoms with van der Waals surface area (Å²) in [7, 11) is 0. The maximum absolute atomic E-state index is 12.6. The number of halogens is 5. The lowest BCUT2D eigenvalue weighted by atomic mass is 10.2. The molecule has 0 aliphatic rings. The zero-order chi connectivity index (χ0) is 19.9. The fraction of sp³-hybridized carbons (Fsp3) is 0.278. The van der Waals surface area contributed by atoms with Gasteiger partial charge in [0.25, 0.3) is 5.91 Å². The number of nitrogens with one attached hydrogen (secondary N) is 1. The van der Waals surface area contributed by atoms with Crippen LogP contribution in [0.15, 0.2) is 42.5 Å². The first kappa shape index (κ1) is 21.7. The summed E-state index contributed by atoms with van der Waals surface area (Å²) in [4.78, 5) is 11.7. The molecule has 27 heavy (non-hydrogen) atoms. The second-order valence-electron chi connectivity index (χ2n) is 5.45. The Balaban J connectivity index is 1.66. The summed E-state index contributed by atoms with van der Waals surface area (Å²) in [6.45, 7) is 0.0512. The van der Waals surface area contributed by atoms with Crippen LogP contribution in [-0.2, 0) is 16.7 Å². The van der Waals surface area contributed by atoms with Crippen molar-refractivity contribution in [2.45, 2.75) is 11.9 Å². The molecule has 2 aromatic rings.